The van der Waals surface area contributed by atoms with E-state index in [4.69, 9.17) is 5.11 Å². The summed E-state index contributed by atoms with van der Waals surface area (Å²) in [7, 11) is 3.22. The average molecular weight is 278 g/mol. The number of fused-ring (bicyclic) bond motifs is 1. The highest BCUT2D eigenvalue weighted by atomic mass is 16.6. The van der Waals surface area contributed by atoms with Gasteiger partial charge in [-0.2, -0.15) is 0 Å². The number of H-pyrrole nitrogens is 1. The molecular weight excluding hydrogens is 268 g/mol. The number of aromatic nitrogens is 2. The van der Waals surface area contributed by atoms with Gasteiger partial charge in [0.2, 0.25) is 5.69 Å². The van der Waals surface area contributed by atoms with Crippen molar-refractivity contribution in [3.8, 4) is 0 Å². The maximum atomic E-state index is 11.5. The molecule has 0 aliphatic rings. The second-order valence-corrected chi connectivity index (χ2v) is 4.23. The van der Waals surface area contributed by atoms with E-state index in [2.05, 4.69) is 9.97 Å². The van der Waals surface area contributed by atoms with E-state index < -0.39 is 22.1 Å². The second kappa shape index (κ2) is 4.61. The Morgan fingerprint density at radius 3 is 2.60 bits per heavy atom. The van der Waals surface area contributed by atoms with Gasteiger partial charge < -0.3 is 15.0 Å². The van der Waals surface area contributed by atoms with Gasteiger partial charge in [-0.25, -0.2) is 9.78 Å². The first-order valence-electron chi connectivity index (χ1n) is 5.44. The normalized spacial score (nSPS) is 10.5. The fraction of sp³-hybridized carbons (Fsp3) is 0.182. The molecule has 2 aromatic rings. The predicted molar refractivity (Wildman–Crippen MR) is 70.3 cm³/mol. The van der Waals surface area contributed by atoms with Crippen LogP contribution in [0.3, 0.4) is 0 Å². The zero-order valence-corrected chi connectivity index (χ0v) is 10.6. The van der Waals surface area contributed by atoms with Crippen molar-refractivity contribution < 1.29 is 14.8 Å². The molecule has 9 heteroatoms. The summed E-state index contributed by atoms with van der Waals surface area (Å²) < 4.78 is 0. The maximum absolute atomic E-state index is 11.5. The molecule has 0 saturated carbocycles. The maximum Gasteiger partial charge on any atom is 0.360 e. The number of nitro groups is 1. The highest BCUT2D eigenvalue weighted by Crippen LogP contribution is 2.30. The molecule has 20 heavy (non-hydrogen) atoms. The van der Waals surface area contributed by atoms with E-state index in [1.165, 1.54) is 11.0 Å². The van der Waals surface area contributed by atoms with Gasteiger partial charge in [-0.15, -0.1) is 0 Å². The summed E-state index contributed by atoms with van der Waals surface area (Å²) in [5.74, 6) is -1.46. The molecule has 0 atom stereocenters. The molecule has 0 aliphatic carbocycles. The van der Waals surface area contributed by atoms with Crippen molar-refractivity contribution in [3.05, 3.63) is 38.3 Å². The second-order valence-electron chi connectivity index (χ2n) is 4.23. The topological polar surface area (TPSA) is 129 Å². The molecule has 0 fully saturated rings. The number of rotatable bonds is 3. The number of hydrogen-bond acceptors (Lipinski definition) is 6. The third kappa shape index (κ3) is 2.16. The number of anilines is 1. The highest BCUT2D eigenvalue weighted by molar-refractivity contribution is 5.90. The summed E-state index contributed by atoms with van der Waals surface area (Å²) in [4.78, 5) is 40.3. The Labute approximate surface area is 111 Å². The number of aromatic amines is 1. The molecule has 1 heterocycles. The van der Waals surface area contributed by atoms with Crippen LogP contribution < -0.4 is 10.5 Å². The SMILES string of the molecule is CN(C)c1cc2nc(C(=O)O)c(=O)[nH]c2cc1[N+](=O)[O-]. The first kappa shape index (κ1) is 13.5. The number of hydrogen-bond donors (Lipinski definition) is 2. The molecule has 0 unspecified atom stereocenters. The fourth-order valence-electron chi connectivity index (χ4n) is 1.76. The van der Waals surface area contributed by atoms with Crippen LogP contribution in [-0.2, 0) is 0 Å². The Kier molecular flexibility index (Phi) is 3.10. The van der Waals surface area contributed by atoms with Gasteiger partial charge in [-0.3, -0.25) is 14.9 Å². The van der Waals surface area contributed by atoms with Gasteiger partial charge in [0, 0.05) is 20.2 Å². The van der Waals surface area contributed by atoms with Crippen molar-refractivity contribution in [1.29, 1.82) is 0 Å². The lowest BCUT2D eigenvalue weighted by Crippen LogP contribution is -2.20. The number of nitrogens with zero attached hydrogens (tertiary/aromatic N) is 3. The van der Waals surface area contributed by atoms with Crippen molar-refractivity contribution >= 4 is 28.4 Å². The lowest BCUT2D eigenvalue weighted by atomic mass is 10.2. The van der Waals surface area contributed by atoms with Crippen LogP contribution in [0.5, 0.6) is 0 Å². The number of benzene rings is 1. The van der Waals surface area contributed by atoms with Crippen LogP contribution in [0.15, 0.2) is 16.9 Å². The number of carbonyl (C=O) groups is 1. The van der Waals surface area contributed by atoms with Crippen molar-refractivity contribution in [2.45, 2.75) is 0 Å². The molecule has 2 N–H and O–H groups in total. The van der Waals surface area contributed by atoms with E-state index in [0.29, 0.717) is 0 Å². The lowest BCUT2D eigenvalue weighted by molar-refractivity contribution is -0.384. The zero-order chi connectivity index (χ0) is 15.0. The van der Waals surface area contributed by atoms with Crippen LogP contribution in [0.2, 0.25) is 0 Å². The Balaban J connectivity index is 2.84. The summed E-state index contributed by atoms with van der Waals surface area (Å²) in [5, 5.41) is 19.8. The molecule has 2 rings (SSSR count). The predicted octanol–water partition coefficient (Wildman–Crippen LogP) is 0.595. The van der Waals surface area contributed by atoms with E-state index in [-0.39, 0.29) is 22.4 Å². The van der Waals surface area contributed by atoms with Crippen molar-refractivity contribution in [2.24, 2.45) is 0 Å². The third-order valence-corrected chi connectivity index (χ3v) is 2.67. The first-order valence-corrected chi connectivity index (χ1v) is 5.44. The highest BCUT2D eigenvalue weighted by Gasteiger charge is 2.20. The molecule has 9 nitrogen and oxygen atoms in total. The summed E-state index contributed by atoms with van der Waals surface area (Å²) >= 11 is 0. The fourth-order valence-corrected chi connectivity index (χ4v) is 1.76. The number of nitrogens with one attached hydrogen (secondary N) is 1. The van der Waals surface area contributed by atoms with Crippen LogP contribution in [0.4, 0.5) is 11.4 Å². The quantitative estimate of drug-likeness (QED) is 0.620. The molecule has 0 saturated heterocycles. The van der Waals surface area contributed by atoms with Crippen molar-refractivity contribution in [1.82, 2.24) is 9.97 Å². The van der Waals surface area contributed by atoms with Gasteiger partial charge in [-0.1, -0.05) is 0 Å². The van der Waals surface area contributed by atoms with Crippen molar-refractivity contribution in [2.75, 3.05) is 19.0 Å². The monoisotopic (exact) mass is 278 g/mol. The number of nitro benzene ring substituents is 1. The molecule has 104 valence electrons. The van der Waals surface area contributed by atoms with Gasteiger partial charge >= 0.3 is 5.97 Å². The zero-order valence-electron chi connectivity index (χ0n) is 10.6. The summed E-state index contributed by atoms with van der Waals surface area (Å²) in [6.07, 6.45) is 0. The molecule has 0 aliphatic heterocycles. The molecule has 0 radical (unpaired) electrons. The van der Waals surface area contributed by atoms with E-state index in [9.17, 15) is 19.7 Å². The van der Waals surface area contributed by atoms with Gasteiger partial charge in [-0.05, 0) is 6.07 Å². The molecule has 1 aromatic carbocycles. The van der Waals surface area contributed by atoms with Crippen LogP contribution in [-0.4, -0.2) is 40.1 Å². The summed E-state index contributed by atoms with van der Waals surface area (Å²) in [6.45, 7) is 0. The number of carboxylic acid groups (broad SMARTS) is 1. The number of carboxylic acids is 1. The van der Waals surface area contributed by atoms with Gasteiger partial charge in [0.05, 0.1) is 16.0 Å². The summed E-state index contributed by atoms with van der Waals surface area (Å²) in [5.41, 5.74) is -1.23. The smallest absolute Gasteiger partial charge is 0.360 e. The Bertz CT molecular complexity index is 780. The minimum absolute atomic E-state index is 0.109. The van der Waals surface area contributed by atoms with Gasteiger partial charge in [0.15, 0.2) is 0 Å². The van der Waals surface area contributed by atoms with E-state index in [1.807, 2.05) is 0 Å². The number of aromatic carboxylic acids is 1. The minimum Gasteiger partial charge on any atom is -0.476 e. The van der Waals surface area contributed by atoms with Crippen LogP contribution in [0.25, 0.3) is 11.0 Å². The van der Waals surface area contributed by atoms with Crippen LogP contribution in [0, 0.1) is 10.1 Å². The van der Waals surface area contributed by atoms with E-state index >= 15 is 0 Å². The van der Waals surface area contributed by atoms with Crippen LogP contribution in [0.1, 0.15) is 10.5 Å². The van der Waals surface area contributed by atoms with E-state index in [1.54, 1.807) is 14.1 Å². The van der Waals surface area contributed by atoms with Gasteiger partial charge in [0.25, 0.3) is 11.2 Å². The van der Waals surface area contributed by atoms with E-state index in [0.717, 1.165) is 6.07 Å². The molecule has 1 aromatic heterocycles. The Morgan fingerprint density at radius 1 is 1.45 bits per heavy atom. The average Bonchev–Trinajstić information content (AvgIpc) is 2.35. The lowest BCUT2D eigenvalue weighted by Gasteiger charge is -2.13. The largest absolute Gasteiger partial charge is 0.476 e. The summed E-state index contributed by atoms with van der Waals surface area (Å²) in [6, 6.07) is 2.51. The van der Waals surface area contributed by atoms with Crippen LogP contribution >= 0.6 is 0 Å². The molecular formula is C11H10N4O5. The molecule has 0 amide bonds. The Morgan fingerprint density at radius 2 is 2.10 bits per heavy atom. The third-order valence-electron chi connectivity index (χ3n) is 2.67. The first-order chi connectivity index (χ1) is 9.31. The van der Waals surface area contributed by atoms with Crippen molar-refractivity contribution in [3.63, 3.8) is 0 Å². The molecule has 0 bridgehead atoms. The Hall–Kier alpha value is -2.97. The minimum atomic E-state index is -1.46. The molecule has 0 spiro atoms. The standard InChI is InChI=1S/C11H10N4O5/c1-14(2)7-3-5-6(4-8(7)15(19)20)13-10(16)9(12-5)11(17)18/h3-4H,1-2H3,(H,13,16)(H,17,18). The van der Waals surface area contributed by atoms with Gasteiger partial charge in [0.1, 0.15) is 5.69 Å².